The Morgan fingerprint density at radius 1 is 1.25 bits per heavy atom. The highest BCUT2D eigenvalue weighted by molar-refractivity contribution is 5.77. The summed E-state index contributed by atoms with van der Waals surface area (Å²) in [6.45, 7) is 0.961. The number of fused-ring (bicyclic) bond motifs is 3. The van der Waals surface area contributed by atoms with Crippen LogP contribution in [-0.2, 0) is 11.8 Å². The van der Waals surface area contributed by atoms with E-state index < -0.39 is 0 Å². The van der Waals surface area contributed by atoms with E-state index in [0.717, 1.165) is 49.1 Å². The van der Waals surface area contributed by atoms with Crippen molar-refractivity contribution in [2.75, 3.05) is 6.54 Å². The lowest BCUT2D eigenvalue weighted by Crippen LogP contribution is -2.58. The molecule has 4 nitrogen and oxygen atoms in total. The lowest BCUT2D eigenvalue weighted by atomic mass is 9.55. The van der Waals surface area contributed by atoms with Gasteiger partial charge in [-0.25, -0.2) is 0 Å². The maximum absolute atomic E-state index is 10.5. The zero-order valence-electron chi connectivity index (χ0n) is 11.1. The van der Waals surface area contributed by atoms with E-state index in [1.807, 2.05) is 0 Å². The number of phenols is 2. The summed E-state index contributed by atoms with van der Waals surface area (Å²) in [7, 11) is 0. The van der Waals surface area contributed by atoms with E-state index in [9.17, 15) is 10.2 Å². The van der Waals surface area contributed by atoms with E-state index in [0.29, 0.717) is 17.7 Å². The largest absolute Gasteiger partial charge is 0.504 e. The quantitative estimate of drug-likeness (QED) is 0.391. The van der Waals surface area contributed by atoms with Crippen LogP contribution in [0, 0.1) is 5.92 Å². The summed E-state index contributed by atoms with van der Waals surface area (Å²) in [4.78, 5) is 0. The van der Waals surface area contributed by atoms with Gasteiger partial charge in [0.15, 0.2) is 11.5 Å². The van der Waals surface area contributed by atoms with Crippen molar-refractivity contribution >= 4 is 0 Å². The molecule has 20 heavy (non-hydrogen) atoms. The third-order valence-electron chi connectivity index (χ3n) is 5.66. The number of allylic oxidation sites excluding steroid dienone is 2. The number of ether oxygens (including phenoxy) is 1. The number of benzene rings is 1. The maximum atomic E-state index is 10.5. The Labute approximate surface area is 117 Å². The summed E-state index contributed by atoms with van der Waals surface area (Å²) in [5.74, 6) is 1.78. The molecule has 1 aromatic carbocycles. The minimum Gasteiger partial charge on any atom is -0.504 e. The Hall–Kier alpha value is -1.68. The zero-order chi connectivity index (χ0) is 13.5. The van der Waals surface area contributed by atoms with Crippen LogP contribution >= 0.6 is 0 Å². The standard InChI is InChI=1S/C16H17NO3/c18-12-11-8(14-15(20-14)13(12)19)7-10-9-3-1-2-4-16(9,11)5-6-17-10/h2,4,9-10,17-19H,1,3,5-7H2/t9-,10+,16+/m0/s1. The lowest BCUT2D eigenvalue weighted by molar-refractivity contribution is 0.145. The van der Waals surface area contributed by atoms with Crippen molar-refractivity contribution in [2.24, 2.45) is 5.92 Å². The Morgan fingerprint density at radius 2 is 2.15 bits per heavy atom. The molecule has 3 N–H and O–H groups in total. The SMILES string of the molecule is Oc1c(O)c2c(c3c1O3)C[C@H]1NCC[C@@]23C=CCC[C@@H]13. The van der Waals surface area contributed by atoms with E-state index in [1.54, 1.807) is 0 Å². The average Bonchev–Trinajstić information content (AvgIpc) is 3.24. The first-order valence-corrected chi connectivity index (χ1v) is 7.42. The molecule has 4 aliphatic rings. The fraction of sp³-hybridized carbons (Fsp3) is 0.500. The van der Waals surface area contributed by atoms with Gasteiger partial charge in [0.25, 0.3) is 0 Å². The summed E-state index contributed by atoms with van der Waals surface area (Å²) in [5, 5.41) is 24.2. The summed E-state index contributed by atoms with van der Waals surface area (Å²) >= 11 is 0. The molecule has 4 heteroatoms. The molecule has 0 spiro atoms. The molecule has 1 aromatic rings. The predicted molar refractivity (Wildman–Crippen MR) is 73.5 cm³/mol. The average molecular weight is 271 g/mol. The van der Waals surface area contributed by atoms with Crippen LogP contribution in [0.2, 0.25) is 0 Å². The van der Waals surface area contributed by atoms with Crippen LogP contribution in [0.25, 0.3) is 0 Å². The Morgan fingerprint density at radius 3 is 3.05 bits per heavy atom. The van der Waals surface area contributed by atoms with Crippen LogP contribution in [0.4, 0.5) is 0 Å². The monoisotopic (exact) mass is 271 g/mol. The highest BCUT2D eigenvalue weighted by atomic mass is 16.6. The second-order valence-electron chi connectivity index (χ2n) is 6.45. The molecule has 0 unspecified atom stereocenters. The second-order valence-corrected chi connectivity index (χ2v) is 6.45. The van der Waals surface area contributed by atoms with Crippen LogP contribution in [0.3, 0.4) is 0 Å². The van der Waals surface area contributed by atoms with Crippen LogP contribution in [0.1, 0.15) is 30.4 Å². The third kappa shape index (κ3) is 1.09. The molecule has 2 aliphatic carbocycles. The number of rotatable bonds is 0. The van der Waals surface area contributed by atoms with Crippen molar-refractivity contribution in [3.63, 3.8) is 0 Å². The van der Waals surface area contributed by atoms with Crippen molar-refractivity contribution in [3.05, 3.63) is 23.3 Å². The zero-order valence-corrected chi connectivity index (χ0v) is 11.1. The minimum absolute atomic E-state index is 0.0492. The molecule has 3 atom stereocenters. The van der Waals surface area contributed by atoms with Gasteiger partial charge < -0.3 is 20.3 Å². The van der Waals surface area contributed by atoms with Gasteiger partial charge in [0.1, 0.15) is 0 Å². The topological polar surface area (TPSA) is 65.0 Å². The molecule has 5 rings (SSSR count). The molecular formula is C16H17NO3. The summed E-state index contributed by atoms with van der Waals surface area (Å²) in [5.41, 5.74) is 1.92. The number of hydrogen-bond acceptors (Lipinski definition) is 4. The third-order valence-corrected chi connectivity index (χ3v) is 5.66. The minimum atomic E-state index is -0.121. The fourth-order valence-electron chi connectivity index (χ4n) is 4.82. The Balaban J connectivity index is 1.85. The fourth-order valence-corrected chi connectivity index (χ4v) is 4.82. The van der Waals surface area contributed by atoms with Gasteiger partial charge in [0.2, 0.25) is 11.5 Å². The van der Waals surface area contributed by atoms with Gasteiger partial charge >= 0.3 is 0 Å². The molecule has 0 saturated carbocycles. The van der Waals surface area contributed by atoms with Crippen molar-refractivity contribution in [1.82, 2.24) is 5.32 Å². The second kappa shape index (κ2) is 3.31. The smallest absolute Gasteiger partial charge is 0.215 e. The number of nitrogens with one attached hydrogen (secondary N) is 1. The predicted octanol–water partition coefficient (Wildman–Crippen LogP) is 2.33. The van der Waals surface area contributed by atoms with Gasteiger partial charge in [-0.3, -0.25) is 0 Å². The van der Waals surface area contributed by atoms with Gasteiger partial charge in [-0.15, -0.1) is 0 Å². The molecule has 2 heterocycles. The summed E-state index contributed by atoms with van der Waals surface area (Å²) in [6, 6.07) is 0.457. The maximum Gasteiger partial charge on any atom is 0.215 e. The number of aromatic hydroxyl groups is 2. The molecule has 1 saturated heterocycles. The summed E-state index contributed by atoms with van der Waals surface area (Å²) in [6.07, 6.45) is 8.63. The highest BCUT2D eigenvalue weighted by Crippen LogP contribution is 2.66. The molecular weight excluding hydrogens is 254 g/mol. The van der Waals surface area contributed by atoms with Crippen LogP contribution in [-0.4, -0.2) is 22.8 Å². The van der Waals surface area contributed by atoms with Crippen molar-refractivity contribution in [2.45, 2.75) is 37.1 Å². The van der Waals surface area contributed by atoms with E-state index in [2.05, 4.69) is 17.5 Å². The first kappa shape index (κ1) is 11.0. The number of piperidine rings is 1. The van der Waals surface area contributed by atoms with Crippen molar-refractivity contribution in [3.8, 4) is 23.0 Å². The number of hydrogen-bond donors (Lipinski definition) is 3. The first-order chi connectivity index (χ1) is 9.72. The van der Waals surface area contributed by atoms with Crippen molar-refractivity contribution < 1.29 is 14.9 Å². The van der Waals surface area contributed by atoms with Crippen LogP contribution in [0.5, 0.6) is 23.0 Å². The normalized spacial score (nSPS) is 35.6. The van der Waals surface area contributed by atoms with E-state index in [-0.39, 0.29) is 16.9 Å². The van der Waals surface area contributed by atoms with Gasteiger partial charge in [-0.2, -0.15) is 0 Å². The molecule has 0 aromatic heterocycles. The molecule has 1 fully saturated rings. The Bertz CT molecular complexity index is 666. The molecule has 104 valence electrons. The first-order valence-electron chi connectivity index (χ1n) is 7.42. The van der Waals surface area contributed by atoms with Gasteiger partial charge in [-0.1, -0.05) is 12.2 Å². The van der Waals surface area contributed by atoms with Gasteiger partial charge in [-0.05, 0) is 38.1 Å². The molecule has 0 amide bonds. The van der Waals surface area contributed by atoms with E-state index in [1.165, 1.54) is 0 Å². The van der Waals surface area contributed by atoms with Gasteiger partial charge in [0, 0.05) is 22.6 Å². The van der Waals surface area contributed by atoms with E-state index in [4.69, 9.17) is 4.74 Å². The highest BCUT2D eigenvalue weighted by Gasteiger charge is 2.54. The van der Waals surface area contributed by atoms with Crippen molar-refractivity contribution in [1.29, 1.82) is 0 Å². The van der Waals surface area contributed by atoms with Crippen LogP contribution in [0.15, 0.2) is 12.2 Å². The molecule has 2 bridgehead atoms. The Kier molecular flexibility index (Phi) is 1.83. The van der Waals surface area contributed by atoms with Crippen LogP contribution < -0.4 is 10.1 Å². The molecule has 0 radical (unpaired) electrons. The lowest BCUT2D eigenvalue weighted by Gasteiger charge is -2.53. The molecule has 2 aliphatic heterocycles. The van der Waals surface area contributed by atoms with Gasteiger partial charge in [0.05, 0.1) is 0 Å². The number of phenolic OH excluding ortho intramolecular Hbond substituents is 2. The van der Waals surface area contributed by atoms with E-state index >= 15 is 0 Å². The summed E-state index contributed by atoms with van der Waals surface area (Å²) < 4.78 is 5.43.